The fraction of sp³-hybridized carbons (Fsp3) is 0.429. The Labute approximate surface area is 171 Å². The van der Waals surface area contributed by atoms with Crippen molar-refractivity contribution in [3.8, 4) is 0 Å². The minimum Gasteiger partial charge on any atom is -0.495 e. The fourth-order valence-electron chi connectivity index (χ4n) is 3.94. The molecule has 0 amide bonds. The quantitative estimate of drug-likeness (QED) is 0.662. The number of ether oxygens (including phenoxy) is 1. The molecule has 4 rings (SSSR count). The Balaban J connectivity index is 1.49. The van der Waals surface area contributed by atoms with Crippen molar-refractivity contribution in [3.05, 3.63) is 65.1 Å². The molecule has 2 aliphatic heterocycles. The Morgan fingerprint density at radius 2 is 2.14 bits per heavy atom. The highest BCUT2D eigenvalue weighted by molar-refractivity contribution is 5.42. The van der Waals surface area contributed by atoms with Crippen LogP contribution in [0.5, 0.6) is 0 Å². The van der Waals surface area contributed by atoms with Gasteiger partial charge in [-0.05, 0) is 56.5 Å². The summed E-state index contributed by atoms with van der Waals surface area (Å²) in [6.07, 6.45) is 8.95. The first-order valence-corrected chi connectivity index (χ1v) is 10.0. The van der Waals surface area contributed by atoms with Crippen molar-refractivity contribution >= 4 is 5.65 Å². The zero-order valence-corrected chi connectivity index (χ0v) is 17.4. The molecule has 2 aromatic heterocycles. The number of hydrazine groups is 1. The largest absolute Gasteiger partial charge is 0.495 e. The van der Waals surface area contributed by atoms with Crippen LogP contribution in [0.4, 0.5) is 0 Å². The predicted molar refractivity (Wildman–Crippen MR) is 112 cm³/mol. The lowest BCUT2D eigenvalue weighted by Gasteiger charge is -2.24. The van der Waals surface area contributed by atoms with Gasteiger partial charge in [0, 0.05) is 31.4 Å². The van der Waals surface area contributed by atoms with Crippen molar-refractivity contribution in [2.45, 2.75) is 38.9 Å². The Bertz CT molecular complexity index is 975. The first kappa shape index (κ1) is 19.5. The van der Waals surface area contributed by atoms with Crippen LogP contribution in [-0.2, 0) is 11.3 Å². The third-order valence-corrected chi connectivity index (χ3v) is 5.59. The molecule has 0 saturated carbocycles. The van der Waals surface area contributed by atoms with Crippen molar-refractivity contribution in [1.29, 1.82) is 0 Å². The van der Waals surface area contributed by atoms with Gasteiger partial charge in [0.25, 0.3) is 0 Å². The van der Waals surface area contributed by atoms with Gasteiger partial charge in [0.15, 0.2) is 11.5 Å². The van der Waals surface area contributed by atoms with E-state index in [-0.39, 0.29) is 6.04 Å². The van der Waals surface area contributed by atoms with Crippen LogP contribution < -0.4 is 16.1 Å². The molecule has 8 heteroatoms. The molecule has 3 N–H and O–H groups in total. The summed E-state index contributed by atoms with van der Waals surface area (Å²) >= 11 is 0. The predicted octanol–water partition coefficient (Wildman–Crippen LogP) is 2.01. The summed E-state index contributed by atoms with van der Waals surface area (Å²) < 4.78 is 8.26. The van der Waals surface area contributed by atoms with E-state index in [0.717, 1.165) is 29.2 Å². The zero-order chi connectivity index (χ0) is 20.4. The second kappa shape index (κ2) is 8.26. The van der Waals surface area contributed by atoms with Crippen LogP contribution in [0.3, 0.4) is 0 Å². The molecule has 154 valence electrons. The highest BCUT2D eigenvalue weighted by atomic mass is 16.5. The number of aromatic nitrogens is 3. The summed E-state index contributed by atoms with van der Waals surface area (Å²) in [6.45, 7) is 5.64. The van der Waals surface area contributed by atoms with Gasteiger partial charge in [0.05, 0.1) is 13.2 Å². The van der Waals surface area contributed by atoms with E-state index in [1.54, 1.807) is 0 Å². The van der Waals surface area contributed by atoms with Crippen LogP contribution >= 0.6 is 0 Å². The third-order valence-electron chi connectivity index (χ3n) is 5.59. The Hall–Kier alpha value is -2.84. The summed E-state index contributed by atoms with van der Waals surface area (Å²) in [5, 5.41) is 17.1. The molecule has 2 aliphatic rings. The number of dihydropyridines is 1. The molecule has 0 bridgehead atoms. The lowest BCUT2D eigenvalue weighted by atomic mass is 10.0. The molecule has 0 fully saturated rings. The van der Waals surface area contributed by atoms with Crippen molar-refractivity contribution < 1.29 is 4.74 Å². The highest BCUT2D eigenvalue weighted by Gasteiger charge is 2.24. The summed E-state index contributed by atoms with van der Waals surface area (Å²) in [7, 11) is 3.96. The minimum atomic E-state index is -0.0360. The van der Waals surface area contributed by atoms with Gasteiger partial charge in [-0.3, -0.25) is 4.40 Å². The highest BCUT2D eigenvalue weighted by Crippen LogP contribution is 2.27. The maximum absolute atomic E-state index is 6.23. The number of hydrogen-bond acceptors (Lipinski definition) is 7. The van der Waals surface area contributed by atoms with Crippen LogP contribution in [0.1, 0.15) is 37.7 Å². The maximum atomic E-state index is 6.23. The summed E-state index contributed by atoms with van der Waals surface area (Å²) in [4.78, 5) is 0. The van der Waals surface area contributed by atoms with Gasteiger partial charge >= 0.3 is 0 Å². The Morgan fingerprint density at radius 1 is 1.28 bits per heavy atom. The Kier molecular flexibility index (Phi) is 5.55. The molecule has 2 atom stereocenters. The lowest BCUT2D eigenvalue weighted by Crippen LogP contribution is -2.32. The van der Waals surface area contributed by atoms with Crippen molar-refractivity contribution in [1.82, 2.24) is 35.7 Å². The van der Waals surface area contributed by atoms with Crippen molar-refractivity contribution in [2.24, 2.45) is 0 Å². The second-order valence-electron chi connectivity index (χ2n) is 7.48. The SMILES string of the molecule is CNCc1nnc2ccc(C3NC=CC=C3OCCC3=C(C)N(C)NC3C)cn12. The minimum absolute atomic E-state index is 0.0360. The molecule has 4 heterocycles. The van der Waals surface area contributed by atoms with Crippen molar-refractivity contribution in [2.75, 3.05) is 20.7 Å². The zero-order valence-electron chi connectivity index (χ0n) is 17.4. The molecular formula is C21H29N7O. The standard InChI is InChI=1S/C21H29N7O/c1-14-17(15(2)27(4)26-14)9-11-29-18-6-5-10-23-21(18)16-7-8-19-24-25-20(12-22-3)28(19)13-16/h5-8,10,13-14,21-23,26H,9,11-12H2,1-4H3. The van der Waals surface area contributed by atoms with Crippen LogP contribution in [0.15, 0.2) is 53.7 Å². The van der Waals surface area contributed by atoms with Gasteiger partial charge in [-0.15, -0.1) is 10.2 Å². The average molecular weight is 396 g/mol. The third kappa shape index (κ3) is 3.86. The van der Waals surface area contributed by atoms with E-state index in [9.17, 15) is 0 Å². The van der Waals surface area contributed by atoms with Crippen LogP contribution in [0, 0.1) is 0 Å². The number of rotatable bonds is 7. The molecule has 0 saturated heterocycles. The van der Waals surface area contributed by atoms with Crippen molar-refractivity contribution in [3.63, 3.8) is 0 Å². The monoisotopic (exact) mass is 395 g/mol. The molecular weight excluding hydrogens is 366 g/mol. The number of nitrogens with zero attached hydrogens (tertiary/aromatic N) is 4. The van der Waals surface area contributed by atoms with Crippen LogP contribution in [-0.4, -0.2) is 46.4 Å². The molecule has 0 aliphatic carbocycles. The van der Waals surface area contributed by atoms with Gasteiger partial charge < -0.3 is 20.4 Å². The molecule has 29 heavy (non-hydrogen) atoms. The van der Waals surface area contributed by atoms with Crippen LogP contribution in [0.2, 0.25) is 0 Å². The average Bonchev–Trinajstić information content (AvgIpc) is 3.23. The summed E-state index contributed by atoms with van der Waals surface area (Å²) in [6, 6.07) is 4.38. The van der Waals surface area contributed by atoms with Gasteiger partial charge in [-0.2, -0.15) is 0 Å². The molecule has 0 radical (unpaired) electrons. The van der Waals surface area contributed by atoms with E-state index in [1.165, 1.54) is 11.3 Å². The number of nitrogens with one attached hydrogen (secondary N) is 3. The smallest absolute Gasteiger partial charge is 0.160 e. The van der Waals surface area contributed by atoms with E-state index < -0.39 is 0 Å². The molecule has 0 aromatic carbocycles. The fourth-order valence-corrected chi connectivity index (χ4v) is 3.94. The first-order chi connectivity index (χ1) is 14.1. The number of hydrogen-bond donors (Lipinski definition) is 3. The lowest BCUT2D eigenvalue weighted by molar-refractivity contribution is 0.189. The summed E-state index contributed by atoms with van der Waals surface area (Å²) in [5.41, 5.74) is 8.04. The maximum Gasteiger partial charge on any atom is 0.160 e. The molecule has 8 nitrogen and oxygen atoms in total. The van der Waals surface area contributed by atoms with E-state index in [0.29, 0.717) is 19.2 Å². The molecule has 0 spiro atoms. The Morgan fingerprint density at radius 3 is 2.90 bits per heavy atom. The number of pyridine rings is 1. The molecule has 2 unspecified atom stereocenters. The number of allylic oxidation sites excluding steroid dienone is 3. The number of fused-ring (bicyclic) bond motifs is 1. The second-order valence-corrected chi connectivity index (χ2v) is 7.48. The van der Waals surface area contributed by atoms with E-state index in [2.05, 4.69) is 64.4 Å². The topological polar surface area (TPSA) is 78.8 Å². The van der Waals surface area contributed by atoms with Gasteiger partial charge in [-0.25, -0.2) is 5.43 Å². The van der Waals surface area contributed by atoms with Crippen LogP contribution in [0.25, 0.3) is 5.65 Å². The van der Waals surface area contributed by atoms with Gasteiger partial charge in [0.2, 0.25) is 0 Å². The summed E-state index contributed by atoms with van der Waals surface area (Å²) in [5.74, 6) is 1.80. The van der Waals surface area contributed by atoms with E-state index in [4.69, 9.17) is 4.74 Å². The molecule has 2 aromatic rings. The first-order valence-electron chi connectivity index (χ1n) is 10.0. The van der Waals surface area contributed by atoms with E-state index >= 15 is 0 Å². The normalized spacial score (nSPS) is 21.7. The van der Waals surface area contributed by atoms with Gasteiger partial charge in [0.1, 0.15) is 11.8 Å². The van der Waals surface area contributed by atoms with Gasteiger partial charge in [-0.1, -0.05) is 6.07 Å². The van der Waals surface area contributed by atoms with E-state index in [1.807, 2.05) is 35.9 Å².